The van der Waals surface area contributed by atoms with E-state index in [1.165, 1.54) is 66.7 Å². The molecule has 0 spiro atoms. The largest absolute Gasteiger partial charge is 0.505 e. The average Bonchev–Trinajstić information content (AvgIpc) is 3.22. The number of benzene rings is 8. The van der Waals surface area contributed by atoms with Gasteiger partial charge in [-0.2, -0.15) is 38.8 Å². The Hall–Kier alpha value is -7.16. The van der Waals surface area contributed by atoms with Crippen molar-refractivity contribution in [2.75, 3.05) is 5.73 Å². The SMILES string of the molecule is Nc1ccc2c(O)c(N=Nc3ccc(N=Nc4ccc(N=Nc5cc(S(=O)(=O)O)c6cccc(S(=O)(=O)O)c6c5)c5ccccc45)c4cc(S(=O)(=O)O)ccc34)c(S(=O)(=O)O)cc2c1. The van der Waals surface area contributed by atoms with E-state index in [1.54, 1.807) is 24.3 Å². The first kappa shape index (κ1) is 43.5. The topological polar surface area (TPSA) is 338 Å². The number of fused-ring (bicyclic) bond motifs is 4. The number of nitrogen functional groups attached to an aromatic ring is 1. The fourth-order valence-electron chi connectivity index (χ4n) is 6.86. The monoisotopic (exact) mass is 941 g/mol. The van der Waals surface area contributed by atoms with Crippen molar-refractivity contribution in [2.24, 2.45) is 30.7 Å². The second kappa shape index (κ2) is 15.9. The second-order valence-electron chi connectivity index (χ2n) is 13.8. The van der Waals surface area contributed by atoms with Crippen molar-refractivity contribution >= 4 is 123 Å². The first-order valence-corrected chi connectivity index (χ1v) is 23.7. The summed E-state index contributed by atoms with van der Waals surface area (Å²) in [5.41, 5.74) is 5.83. The minimum atomic E-state index is -4.97. The van der Waals surface area contributed by atoms with E-state index in [1.807, 2.05) is 0 Å². The highest BCUT2D eigenvalue weighted by atomic mass is 32.2. The number of nitrogens with two attached hydrogens (primary N) is 1. The third-order valence-electron chi connectivity index (χ3n) is 9.73. The summed E-state index contributed by atoms with van der Waals surface area (Å²) in [6.07, 6.45) is 0. The molecule has 0 unspecified atom stereocenters. The van der Waals surface area contributed by atoms with Crippen LogP contribution in [0.5, 0.6) is 5.75 Å². The number of nitrogens with zero attached hydrogens (tertiary/aromatic N) is 6. The van der Waals surface area contributed by atoms with E-state index >= 15 is 0 Å². The van der Waals surface area contributed by atoms with E-state index in [0.717, 1.165) is 30.3 Å². The highest BCUT2D eigenvalue weighted by molar-refractivity contribution is 7.87. The van der Waals surface area contributed by atoms with Gasteiger partial charge in [-0.3, -0.25) is 18.2 Å². The number of hydrogen-bond acceptors (Lipinski definition) is 16. The van der Waals surface area contributed by atoms with Gasteiger partial charge in [0.05, 0.1) is 33.3 Å². The molecule has 0 heterocycles. The summed E-state index contributed by atoms with van der Waals surface area (Å²) < 4.78 is 138. The average molecular weight is 942 g/mol. The van der Waals surface area contributed by atoms with Crippen LogP contribution in [-0.4, -0.2) is 57.0 Å². The van der Waals surface area contributed by atoms with E-state index in [0.29, 0.717) is 10.8 Å². The van der Waals surface area contributed by atoms with Crippen molar-refractivity contribution in [2.45, 2.75) is 19.6 Å². The Kier molecular flexibility index (Phi) is 10.8. The Morgan fingerprint density at radius 2 is 0.906 bits per heavy atom. The van der Waals surface area contributed by atoms with Crippen molar-refractivity contribution in [3.63, 3.8) is 0 Å². The van der Waals surface area contributed by atoms with Gasteiger partial charge in [-0.25, -0.2) is 0 Å². The van der Waals surface area contributed by atoms with Crippen LogP contribution < -0.4 is 5.73 Å². The molecule has 0 aliphatic rings. The number of phenolic OH excluding ortho intramolecular Hbond substituents is 1. The van der Waals surface area contributed by atoms with Crippen molar-refractivity contribution in [1.29, 1.82) is 0 Å². The van der Waals surface area contributed by atoms with Gasteiger partial charge in [0.25, 0.3) is 40.5 Å². The molecule has 324 valence electrons. The number of rotatable bonds is 10. The van der Waals surface area contributed by atoms with E-state index in [2.05, 4.69) is 30.7 Å². The van der Waals surface area contributed by atoms with Crippen molar-refractivity contribution in [1.82, 2.24) is 0 Å². The Labute approximate surface area is 361 Å². The number of azo groups is 3. The van der Waals surface area contributed by atoms with Gasteiger partial charge in [0.15, 0.2) is 5.75 Å². The van der Waals surface area contributed by atoms with Crippen LogP contribution in [-0.2, 0) is 40.5 Å². The van der Waals surface area contributed by atoms with Gasteiger partial charge in [0.1, 0.15) is 20.4 Å². The molecule has 64 heavy (non-hydrogen) atoms. The molecule has 0 amide bonds. The Morgan fingerprint density at radius 1 is 0.391 bits per heavy atom. The predicted molar refractivity (Wildman–Crippen MR) is 234 cm³/mol. The Bertz CT molecular complexity index is 3880. The first-order chi connectivity index (χ1) is 30.1. The Balaban J connectivity index is 1.20. The summed E-state index contributed by atoms with van der Waals surface area (Å²) in [5.74, 6) is -0.633. The second-order valence-corrected chi connectivity index (χ2v) is 19.4. The lowest BCUT2D eigenvalue weighted by Crippen LogP contribution is -2.03. The molecule has 0 aliphatic heterocycles. The summed E-state index contributed by atoms with van der Waals surface area (Å²) in [6.45, 7) is 0. The molecule has 0 aliphatic carbocycles. The summed E-state index contributed by atoms with van der Waals surface area (Å²) >= 11 is 0. The molecule has 8 aromatic rings. The van der Waals surface area contributed by atoms with Crippen molar-refractivity contribution < 1.29 is 57.0 Å². The third-order valence-corrected chi connectivity index (χ3v) is 13.2. The van der Waals surface area contributed by atoms with Gasteiger partial charge in [-0.15, -0.1) is 25.6 Å². The van der Waals surface area contributed by atoms with Crippen LogP contribution in [0.1, 0.15) is 0 Å². The molecule has 0 fully saturated rings. The molecule has 8 rings (SSSR count). The smallest absolute Gasteiger partial charge is 0.296 e. The van der Waals surface area contributed by atoms with Gasteiger partial charge >= 0.3 is 0 Å². The zero-order chi connectivity index (χ0) is 45.9. The molecule has 0 aromatic heterocycles. The summed E-state index contributed by atoms with van der Waals surface area (Å²) in [5, 5.41) is 37.3. The predicted octanol–water partition coefficient (Wildman–Crippen LogP) is 9.82. The lowest BCUT2D eigenvalue weighted by molar-refractivity contribution is 0.472. The number of anilines is 1. The molecule has 7 N–H and O–H groups in total. The van der Waals surface area contributed by atoms with Crippen LogP contribution in [0.2, 0.25) is 0 Å². The molecule has 24 heteroatoms. The standard InChI is InChI=1S/C40H27N7O13S4/c41-22-8-10-25-21(16-22)17-38(64(58,59)60)39(40(25)48)47-46-34-14-15-35(30-20-24(61(49,50)51)9-11-28(30)34)45-44-33-13-12-32(26-4-1-2-5-27(26)33)43-42-23-18-31-29(37(19-23)63(55,56)57)6-3-7-36(31)62(52,53)54/h1-20,48H,41H2,(H,49,50,51)(H,52,53,54)(H,55,56,57)(H,58,59,60). The molecular weight excluding hydrogens is 915 g/mol. The van der Waals surface area contributed by atoms with Gasteiger partial charge in [0, 0.05) is 43.4 Å². The fraction of sp³-hybridized carbons (Fsp3) is 0. The van der Waals surface area contributed by atoms with Crippen LogP contribution in [0.3, 0.4) is 0 Å². The molecule has 0 radical (unpaired) electrons. The van der Waals surface area contributed by atoms with Crippen molar-refractivity contribution in [3.8, 4) is 5.75 Å². The molecule has 0 bridgehead atoms. The fourth-order valence-corrected chi connectivity index (χ4v) is 9.45. The summed E-state index contributed by atoms with van der Waals surface area (Å²) in [7, 11) is -19.5. The number of phenols is 1. The van der Waals surface area contributed by atoms with Gasteiger partial charge in [0.2, 0.25) is 0 Å². The maximum Gasteiger partial charge on any atom is 0.296 e. The van der Waals surface area contributed by atoms with Gasteiger partial charge in [-0.1, -0.05) is 42.5 Å². The summed E-state index contributed by atoms with van der Waals surface area (Å²) in [4.78, 5) is -2.60. The molecular formula is C40H27N7O13S4. The van der Waals surface area contributed by atoms with Crippen molar-refractivity contribution in [3.05, 3.63) is 121 Å². The van der Waals surface area contributed by atoms with E-state index in [4.69, 9.17) is 5.73 Å². The highest BCUT2D eigenvalue weighted by Crippen LogP contribution is 2.44. The van der Waals surface area contributed by atoms with E-state index < -0.39 is 71.5 Å². The van der Waals surface area contributed by atoms with Crippen LogP contribution in [0.4, 0.5) is 39.8 Å². The normalized spacial score (nSPS) is 13.1. The van der Waals surface area contributed by atoms with Crippen LogP contribution in [0.25, 0.3) is 43.1 Å². The molecule has 8 aromatic carbocycles. The summed E-state index contributed by atoms with van der Waals surface area (Å²) in [6, 6.07) is 26.9. The van der Waals surface area contributed by atoms with Gasteiger partial charge in [-0.05, 0) is 84.2 Å². The van der Waals surface area contributed by atoms with E-state index in [9.17, 15) is 57.0 Å². The Morgan fingerprint density at radius 3 is 1.48 bits per heavy atom. The zero-order valence-electron chi connectivity index (χ0n) is 31.9. The molecule has 20 nitrogen and oxygen atoms in total. The minimum Gasteiger partial charge on any atom is -0.505 e. The molecule has 0 atom stereocenters. The van der Waals surface area contributed by atoms with Crippen LogP contribution in [0.15, 0.2) is 172 Å². The first-order valence-electron chi connectivity index (χ1n) is 17.9. The quantitative estimate of drug-likeness (QED) is 0.0422. The third kappa shape index (κ3) is 8.49. The lowest BCUT2D eigenvalue weighted by Gasteiger charge is -2.10. The minimum absolute atomic E-state index is 0.0124. The number of hydrogen-bond donors (Lipinski definition) is 6. The maximum atomic E-state index is 12.4. The maximum absolute atomic E-state index is 12.4. The van der Waals surface area contributed by atoms with Crippen LogP contribution >= 0.6 is 0 Å². The molecule has 0 saturated carbocycles. The highest BCUT2D eigenvalue weighted by Gasteiger charge is 2.24. The zero-order valence-corrected chi connectivity index (χ0v) is 35.2. The molecule has 0 saturated heterocycles. The lowest BCUT2D eigenvalue weighted by atomic mass is 10.1. The van der Waals surface area contributed by atoms with E-state index in [-0.39, 0.29) is 66.4 Å². The van der Waals surface area contributed by atoms with Crippen LogP contribution in [0, 0.1) is 0 Å². The number of aromatic hydroxyl groups is 1. The van der Waals surface area contributed by atoms with Gasteiger partial charge < -0.3 is 10.8 Å².